The molecule has 1 N–H and O–H groups in total. The van der Waals surface area contributed by atoms with Crippen molar-refractivity contribution in [2.24, 2.45) is 0 Å². The first-order valence-electron chi connectivity index (χ1n) is 6.93. The van der Waals surface area contributed by atoms with Gasteiger partial charge in [-0.2, -0.15) is 0 Å². The summed E-state index contributed by atoms with van der Waals surface area (Å²) < 4.78 is 0. The monoisotopic (exact) mass is 300 g/mol. The van der Waals surface area contributed by atoms with Crippen LogP contribution in [-0.4, -0.2) is 18.4 Å². The molecule has 1 aliphatic rings. The number of amides is 2. The standard InChI is InChI=1S/C16H16N2O2S/c1-2-18-14-6-5-11(8-12(14)9-15(18)19)16(20)17-10-13-4-3-7-21-13/h3-8H,2,9-10H2,1H3,(H,17,20). The van der Waals surface area contributed by atoms with Gasteiger partial charge in [0.05, 0.1) is 13.0 Å². The smallest absolute Gasteiger partial charge is 0.251 e. The second-order valence-corrected chi connectivity index (χ2v) is 5.95. The highest BCUT2D eigenvalue weighted by Crippen LogP contribution is 2.29. The van der Waals surface area contributed by atoms with Gasteiger partial charge in [0.25, 0.3) is 5.91 Å². The minimum absolute atomic E-state index is 0.101. The third-order valence-corrected chi connectivity index (χ3v) is 4.47. The molecular formula is C16H16N2O2S. The highest BCUT2D eigenvalue weighted by Gasteiger charge is 2.26. The molecule has 0 bridgehead atoms. The minimum atomic E-state index is -0.103. The van der Waals surface area contributed by atoms with Crippen molar-refractivity contribution >= 4 is 28.8 Å². The number of rotatable bonds is 4. The lowest BCUT2D eigenvalue weighted by Gasteiger charge is -2.14. The number of carbonyl (C=O) groups is 2. The Bertz CT molecular complexity index is 680. The van der Waals surface area contributed by atoms with Crippen molar-refractivity contribution in [2.75, 3.05) is 11.4 Å². The van der Waals surface area contributed by atoms with Gasteiger partial charge >= 0.3 is 0 Å². The fourth-order valence-electron chi connectivity index (χ4n) is 2.55. The van der Waals surface area contributed by atoms with Crippen LogP contribution in [0.4, 0.5) is 5.69 Å². The molecule has 0 aliphatic carbocycles. The molecule has 21 heavy (non-hydrogen) atoms. The van der Waals surface area contributed by atoms with Crippen LogP contribution < -0.4 is 10.2 Å². The number of anilines is 1. The second kappa shape index (κ2) is 5.69. The number of hydrogen-bond donors (Lipinski definition) is 1. The van der Waals surface area contributed by atoms with Gasteiger partial charge < -0.3 is 10.2 Å². The molecule has 5 heteroatoms. The van der Waals surface area contributed by atoms with Crippen LogP contribution in [0.15, 0.2) is 35.7 Å². The molecule has 2 heterocycles. The van der Waals surface area contributed by atoms with Gasteiger partial charge in [-0.15, -0.1) is 11.3 Å². The lowest BCUT2D eigenvalue weighted by Crippen LogP contribution is -2.25. The third-order valence-electron chi connectivity index (χ3n) is 3.59. The highest BCUT2D eigenvalue weighted by molar-refractivity contribution is 7.09. The van der Waals surface area contributed by atoms with Gasteiger partial charge in [0, 0.05) is 22.7 Å². The number of carbonyl (C=O) groups excluding carboxylic acids is 2. The Hall–Kier alpha value is -2.14. The van der Waals surface area contributed by atoms with Crippen LogP contribution in [0.1, 0.15) is 27.7 Å². The van der Waals surface area contributed by atoms with Crippen LogP contribution >= 0.6 is 11.3 Å². The van der Waals surface area contributed by atoms with E-state index in [1.54, 1.807) is 22.3 Å². The van der Waals surface area contributed by atoms with E-state index in [4.69, 9.17) is 0 Å². The molecule has 2 aromatic rings. The molecule has 0 fully saturated rings. The summed E-state index contributed by atoms with van der Waals surface area (Å²) in [6, 6.07) is 9.43. The van der Waals surface area contributed by atoms with E-state index in [1.165, 1.54) is 0 Å². The number of nitrogens with one attached hydrogen (secondary N) is 1. The van der Waals surface area contributed by atoms with E-state index in [2.05, 4.69) is 5.32 Å². The highest BCUT2D eigenvalue weighted by atomic mass is 32.1. The lowest BCUT2D eigenvalue weighted by atomic mass is 10.1. The second-order valence-electron chi connectivity index (χ2n) is 4.92. The molecule has 108 valence electrons. The predicted molar refractivity (Wildman–Crippen MR) is 83.7 cm³/mol. The molecule has 4 nitrogen and oxygen atoms in total. The molecule has 0 atom stereocenters. The number of nitrogens with zero attached hydrogens (tertiary/aromatic N) is 1. The SMILES string of the molecule is CCN1C(=O)Cc2cc(C(=O)NCc3cccs3)ccc21. The zero-order chi connectivity index (χ0) is 14.8. The van der Waals surface area contributed by atoms with Crippen molar-refractivity contribution in [3.63, 3.8) is 0 Å². The van der Waals surface area contributed by atoms with E-state index in [0.29, 0.717) is 25.1 Å². The van der Waals surface area contributed by atoms with Gasteiger partial charge in [0.15, 0.2) is 0 Å². The van der Waals surface area contributed by atoms with Crippen molar-refractivity contribution < 1.29 is 9.59 Å². The summed E-state index contributed by atoms with van der Waals surface area (Å²) in [6.07, 6.45) is 0.384. The third kappa shape index (κ3) is 2.69. The molecule has 1 aromatic heterocycles. The molecule has 1 aliphatic heterocycles. The maximum atomic E-state index is 12.2. The van der Waals surface area contributed by atoms with Crippen molar-refractivity contribution in [3.8, 4) is 0 Å². The largest absolute Gasteiger partial charge is 0.347 e. The zero-order valence-corrected chi connectivity index (χ0v) is 12.6. The topological polar surface area (TPSA) is 49.4 Å². The summed E-state index contributed by atoms with van der Waals surface area (Å²) in [4.78, 5) is 26.9. The average molecular weight is 300 g/mol. The van der Waals surface area contributed by atoms with Crippen molar-refractivity contribution in [1.82, 2.24) is 5.32 Å². The number of hydrogen-bond acceptors (Lipinski definition) is 3. The van der Waals surface area contributed by atoms with E-state index in [0.717, 1.165) is 16.1 Å². The Morgan fingerprint density at radius 1 is 1.38 bits per heavy atom. The minimum Gasteiger partial charge on any atom is -0.347 e. The summed E-state index contributed by atoms with van der Waals surface area (Å²) in [5.41, 5.74) is 2.47. The molecule has 0 unspecified atom stereocenters. The first-order valence-corrected chi connectivity index (χ1v) is 7.81. The Morgan fingerprint density at radius 3 is 2.95 bits per heavy atom. The van der Waals surface area contributed by atoms with Crippen LogP contribution in [0, 0.1) is 0 Å². The molecule has 3 rings (SSSR count). The fraction of sp³-hybridized carbons (Fsp3) is 0.250. The molecule has 0 saturated carbocycles. The van der Waals surface area contributed by atoms with E-state index in [9.17, 15) is 9.59 Å². The van der Waals surface area contributed by atoms with Crippen molar-refractivity contribution in [2.45, 2.75) is 19.9 Å². The number of thiophene rings is 1. The van der Waals surface area contributed by atoms with Gasteiger partial charge in [-0.1, -0.05) is 6.07 Å². The molecule has 0 radical (unpaired) electrons. The van der Waals surface area contributed by atoms with Gasteiger partial charge in [0.2, 0.25) is 5.91 Å². The van der Waals surface area contributed by atoms with Crippen molar-refractivity contribution in [1.29, 1.82) is 0 Å². The van der Waals surface area contributed by atoms with E-state index >= 15 is 0 Å². The molecule has 2 amide bonds. The zero-order valence-electron chi connectivity index (χ0n) is 11.8. The predicted octanol–water partition coefficient (Wildman–Crippen LogP) is 2.59. The number of benzene rings is 1. The van der Waals surface area contributed by atoms with Gasteiger partial charge in [-0.05, 0) is 42.1 Å². The van der Waals surface area contributed by atoms with Crippen LogP contribution in [0.3, 0.4) is 0 Å². The van der Waals surface area contributed by atoms with Crippen LogP contribution in [0.2, 0.25) is 0 Å². The Labute approximate surface area is 127 Å². The quantitative estimate of drug-likeness (QED) is 0.943. The molecule has 0 spiro atoms. The molecule has 1 aromatic carbocycles. The summed E-state index contributed by atoms with van der Waals surface area (Å²) in [6.45, 7) is 3.15. The van der Waals surface area contributed by atoms with Gasteiger partial charge in [-0.25, -0.2) is 0 Å². The average Bonchev–Trinajstić information content (AvgIpc) is 3.10. The first-order chi connectivity index (χ1) is 10.2. The maximum absolute atomic E-state index is 12.2. The van der Waals surface area contributed by atoms with E-state index in [-0.39, 0.29) is 11.8 Å². The maximum Gasteiger partial charge on any atom is 0.251 e. The summed E-state index contributed by atoms with van der Waals surface area (Å²) >= 11 is 1.62. The molecular weight excluding hydrogens is 284 g/mol. The summed E-state index contributed by atoms with van der Waals surface area (Å²) in [5.74, 6) is -0.00255. The Kier molecular flexibility index (Phi) is 3.75. The number of likely N-dealkylation sites (N-methyl/N-ethyl adjacent to an activating group) is 1. The fourth-order valence-corrected chi connectivity index (χ4v) is 3.20. The molecule has 0 saturated heterocycles. The lowest BCUT2D eigenvalue weighted by molar-refractivity contribution is -0.117. The summed E-state index contributed by atoms with van der Waals surface area (Å²) in [5, 5.41) is 4.89. The Morgan fingerprint density at radius 2 is 2.24 bits per heavy atom. The first kappa shape index (κ1) is 13.8. The Balaban J connectivity index is 1.74. The van der Waals surface area contributed by atoms with Gasteiger partial charge in [0.1, 0.15) is 0 Å². The summed E-state index contributed by atoms with van der Waals surface area (Å²) in [7, 11) is 0. The number of fused-ring (bicyclic) bond motifs is 1. The van der Waals surface area contributed by atoms with Crippen molar-refractivity contribution in [3.05, 3.63) is 51.7 Å². The van der Waals surface area contributed by atoms with Gasteiger partial charge in [-0.3, -0.25) is 9.59 Å². The van der Waals surface area contributed by atoms with Crippen LogP contribution in [0.5, 0.6) is 0 Å². The van der Waals surface area contributed by atoms with E-state index in [1.807, 2.05) is 36.6 Å². The van der Waals surface area contributed by atoms with E-state index < -0.39 is 0 Å². The normalized spacial score (nSPS) is 13.4. The van der Waals surface area contributed by atoms with Crippen LogP contribution in [-0.2, 0) is 17.8 Å². The van der Waals surface area contributed by atoms with Crippen LogP contribution in [0.25, 0.3) is 0 Å².